The number of rotatable bonds is 5. The third-order valence-electron chi connectivity index (χ3n) is 4.90. The molecule has 0 aromatic heterocycles. The molecular formula is C22H26N4O2. The molecule has 2 aromatic rings. The topological polar surface area (TPSA) is 70.8 Å². The van der Waals surface area contributed by atoms with Crippen molar-refractivity contribution >= 4 is 28.8 Å². The first-order valence-corrected chi connectivity index (χ1v) is 9.36. The molecule has 0 unspecified atom stereocenters. The highest BCUT2D eigenvalue weighted by Crippen LogP contribution is 2.40. The van der Waals surface area contributed by atoms with Crippen LogP contribution in [0.25, 0.3) is 5.57 Å². The maximum absolute atomic E-state index is 10.7. The van der Waals surface area contributed by atoms with E-state index in [0.29, 0.717) is 11.7 Å². The SMILES string of the molecule is CC1=CC(C)(C)N(C(C)C)c2ccc(/C=N\Nc3ccc([N+](=O)[O-])cc3)cc21. The van der Waals surface area contributed by atoms with E-state index in [2.05, 4.69) is 74.3 Å². The first-order valence-electron chi connectivity index (χ1n) is 9.36. The Labute approximate surface area is 165 Å². The van der Waals surface area contributed by atoms with E-state index in [-0.39, 0.29) is 11.2 Å². The van der Waals surface area contributed by atoms with E-state index in [1.807, 2.05) is 0 Å². The van der Waals surface area contributed by atoms with E-state index in [1.54, 1.807) is 18.3 Å². The van der Waals surface area contributed by atoms with Gasteiger partial charge in [0.1, 0.15) is 0 Å². The first-order chi connectivity index (χ1) is 13.2. The molecule has 1 aliphatic heterocycles. The lowest BCUT2D eigenvalue weighted by Gasteiger charge is -2.46. The fourth-order valence-corrected chi connectivity index (χ4v) is 3.93. The molecule has 0 radical (unpaired) electrons. The van der Waals surface area contributed by atoms with Crippen molar-refractivity contribution in [2.24, 2.45) is 5.10 Å². The molecule has 1 aliphatic rings. The van der Waals surface area contributed by atoms with Gasteiger partial charge in [-0.15, -0.1) is 0 Å². The van der Waals surface area contributed by atoms with Crippen LogP contribution >= 0.6 is 0 Å². The highest BCUT2D eigenvalue weighted by molar-refractivity contribution is 5.88. The summed E-state index contributed by atoms with van der Waals surface area (Å²) in [6.45, 7) is 11.0. The van der Waals surface area contributed by atoms with Gasteiger partial charge in [-0.1, -0.05) is 12.1 Å². The van der Waals surface area contributed by atoms with Crippen molar-refractivity contribution in [3.05, 3.63) is 69.8 Å². The number of hydrogen-bond acceptors (Lipinski definition) is 5. The Hall–Kier alpha value is -3.15. The van der Waals surface area contributed by atoms with Crippen molar-refractivity contribution in [2.45, 2.75) is 46.2 Å². The molecule has 146 valence electrons. The molecule has 1 N–H and O–H groups in total. The van der Waals surface area contributed by atoms with Crippen molar-refractivity contribution in [3.63, 3.8) is 0 Å². The number of hydrazone groups is 1. The molecule has 6 nitrogen and oxygen atoms in total. The molecule has 0 atom stereocenters. The predicted octanol–water partition coefficient (Wildman–Crippen LogP) is 5.45. The molecule has 0 fully saturated rings. The number of nitro benzene ring substituents is 1. The molecule has 1 heterocycles. The average molecular weight is 378 g/mol. The molecule has 0 bridgehead atoms. The average Bonchev–Trinajstić information content (AvgIpc) is 2.61. The van der Waals surface area contributed by atoms with Crippen LogP contribution in [0.3, 0.4) is 0 Å². The number of allylic oxidation sites excluding steroid dienone is 1. The van der Waals surface area contributed by atoms with Crippen LogP contribution in [0.5, 0.6) is 0 Å². The summed E-state index contributed by atoms with van der Waals surface area (Å²) in [7, 11) is 0. The number of nitrogens with zero attached hydrogens (tertiary/aromatic N) is 3. The zero-order chi connectivity index (χ0) is 20.5. The van der Waals surface area contributed by atoms with Crippen molar-refractivity contribution in [3.8, 4) is 0 Å². The molecule has 0 aliphatic carbocycles. The zero-order valence-electron chi connectivity index (χ0n) is 16.9. The third-order valence-corrected chi connectivity index (χ3v) is 4.90. The molecule has 28 heavy (non-hydrogen) atoms. The predicted molar refractivity (Wildman–Crippen MR) is 116 cm³/mol. The van der Waals surface area contributed by atoms with E-state index in [1.165, 1.54) is 29.0 Å². The smallest absolute Gasteiger partial charge is 0.269 e. The number of nitro groups is 1. The van der Waals surface area contributed by atoms with Crippen LogP contribution in [0, 0.1) is 10.1 Å². The van der Waals surface area contributed by atoms with Crippen molar-refractivity contribution in [1.82, 2.24) is 0 Å². The standard InChI is InChI=1S/C22H26N4O2/c1-15(2)25-21-11-6-17(12-20(21)16(3)13-22(25,4)5)14-23-24-18-7-9-19(10-8-18)26(27)28/h6-15,24H,1-5H3/b23-14-. The van der Waals surface area contributed by atoms with Gasteiger partial charge in [0.25, 0.3) is 5.69 Å². The molecule has 0 saturated carbocycles. The van der Waals surface area contributed by atoms with Crippen molar-refractivity contribution < 1.29 is 4.92 Å². The van der Waals surface area contributed by atoms with Crippen LogP contribution in [0.4, 0.5) is 17.1 Å². The summed E-state index contributed by atoms with van der Waals surface area (Å²) >= 11 is 0. The van der Waals surface area contributed by atoms with Crippen LogP contribution in [0.15, 0.2) is 53.6 Å². The summed E-state index contributed by atoms with van der Waals surface area (Å²) in [6, 6.07) is 12.9. The minimum atomic E-state index is -0.419. The van der Waals surface area contributed by atoms with Crippen molar-refractivity contribution in [1.29, 1.82) is 0 Å². The normalized spacial score (nSPS) is 15.5. The van der Waals surface area contributed by atoms with Crippen LogP contribution in [-0.4, -0.2) is 22.7 Å². The van der Waals surface area contributed by atoms with Crippen LogP contribution in [0.2, 0.25) is 0 Å². The summed E-state index contributed by atoms with van der Waals surface area (Å²) in [4.78, 5) is 12.7. The van der Waals surface area contributed by atoms with Gasteiger partial charge in [-0.25, -0.2) is 0 Å². The van der Waals surface area contributed by atoms with E-state index in [0.717, 1.165) is 5.56 Å². The minimum Gasteiger partial charge on any atom is -0.360 e. The minimum absolute atomic E-state index is 0.0294. The van der Waals surface area contributed by atoms with Gasteiger partial charge in [0, 0.05) is 29.4 Å². The second kappa shape index (κ2) is 7.46. The number of benzene rings is 2. The monoisotopic (exact) mass is 378 g/mol. The number of non-ortho nitro benzene ring substituents is 1. The van der Waals surface area contributed by atoms with E-state index < -0.39 is 4.92 Å². The van der Waals surface area contributed by atoms with Gasteiger partial charge in [0.2, 0.25) is 0 Å². The summed E-state index contributed by atoms with van der Waals surface area (Å²) in [5.41, 5.74) is 8.34. The lowest BCUT2D eigenvalue weighted by atomic mass is 9.87. The Morgan fingerprint density at radius 1 is 1.18 bits per heavy atom. The summed E-state index contributed by atoms with van der Waals surface area (Å²) in [6.07, 6.45) is 4.07. The Morgan fingerprint density at radius 3 is 2.46 bits per heavy atom. The van der Waals surface area contributed by atoms with E-state index in [4.69, 9.17) is 0 Å². The van der Waals surface area contributed by atoms with Crippen LogP contribution < -0.4 is 10.3 Å². The molecule has 0 spiro atoms. The quantitative estimate of drug-likeness (QED) is 0.426. The maximum atomic E-state index is 10.7. The van der Waals surface area contributed by atoms with Gasteiger partial charge >= 0.3 is 0 Å². The molecule has 0 amide bonds. The zero-order valence-corrected chi connectivity index (χ0v) is 16.9. The lowest BCUT2D eigenvalue weighted by molar-refractivity contribution is -0.384. The number of hydrogen-bond donors (Lipinski definition) is 1. The van der Waals surface area contributed by atoms with E-state index in [9.17, 15) is 10.1 Å². The molecule has 2 aromatic carbocycles. The van der Waals surface area contributed by atoms with E-state index >= 15 is 0 Å². The first kappa shape index (κ1) is 19.6. The largest absolute Gasteiger partial charge is 0.360 e. The highest BCUT2D eigenvalue weighted by Gasteiger charge is 2.32. The second-order valence-electron chi connectivity index (χ2n) is 7.90. The van der Waals surface area contributed by atoms with Crippen LogP contribution in [0.1, 0.15) is 45.7 Å². The van der Waals surface area contributed by atoms with Gasteiger partial charge in [-0.3, -0.25) is 15.5 Å². The van der Waals surface area contributed by atoms with Gasteiger partial charge in [0.05, 0.1) is 22.4 Å². The maximum Gasteiger partial charge on any atom is 0.269 e. The number of anilines is 2. The van der Waals surface area contributed by atoms with Gasteiger partial charge in [0.15, 0.2) is 0 Å². The summed E-state index contributed by atoms with van der Waals surface area (Å²) in [5, 5.41) is 15.0. The van der Waals surface area contributed by atoms with Gasteiger partial charge in [-0.2, -0.15) is 5.10 Å². The summed E-state index contributed by atoms with van der Waals surface area (Å²) in [5.74, 6) is 0. The number of nitrogens with one attached hydrogen (secondary N) is 1. The second-order valence-corrected chi connectivity index (χ2v) is 7.90. The summed E-state index contributed by atoms with van der Waals surface area (Å²) < 4.78 is 0. The molecule has 3 rings (SSSR count). The Bertz CT molecular complexity index is 944. The van der Waals surface area contributed by atoms with Gasteiger partial charge < -0.3 is 4.90 Å². The Balaban J connectivity index is 1.81. The highest BCUT2D eigenvalue weighted by atomic mass is 16.6. The molecular weight excluding hydrogens is 352 g/mol. The fraction of sp³-hybridized carbons (Fsp3) is 0.318. The van der Waals surface area contributed by atoms with Crippen molar-refractivity contribution in [2.75, 3.05) is 10.3 Å². The lowest BCUT2D eigenvalue weighted by Crippen LogP contribution is -2.49. The Kier molecular flexibility index (Phi) is 5.23. The number of fused-ring (bicyclic) bond motifs is 1. The molecule has 6 heteroatoms. The Morgan fingerprint density at radius 2 is 1.86 bits per heavy atom. The van der Waals surface area contributed by atoms with Gasteiger partial charge in [-0.05, 0) is 70.0 Å². The van der Waals surface area contributed by atoms with Crippen LogP contribution in [-0.2, 0) is 0 Å². The fourth-order valence-electron chi connectivity index (χ4n) is 3.93. The third kappa shape index (κ3) is 3.91. The molecule has 0 saturated heterocycles.